The van der Waals surface area contributed by atoms with E-state index in [4.69, 9.17) is 10.00 Å². The Morgan fingerprint density at radius 3 is 2.74 bits per heavy atom. The second-order valence-electron chi connectivity index (χ2n) is 4.58. The summed E-state index contributed by atoms with van der Waals surface area (Å²) >= 11 is 0. The van der Waals surface area contributed by atoms with Gasteiger partial charge in [0.25, 0.3) is 0 Å². The van der Waals surface area contributed by atoms with E-state index >= 15 is 0 Å². The highest BCUT2D eigenvalue weighted by molar-refractivity contribution is 5.64. The lowest BCUT2D eigenvalue weighted by molar-refractivity contribution is 0.411. The first-order valence-electron chi connectivity index (χ1n) is 6.32. The predicted molar refractivity (Wildman–Crippen MR) is 75.4 cm³/mol. The molecule has 6 nitrogen and oxygen atoms in total. The number of hydrogen-bond donors (Lipinski definition) is 1. The molecule has 0 saturated carbocycles. The Hall–Kier alpha value is -2.03. The Bertz CT molecular complexity index is 441. The van der Waals surface area contributed by atoms with Crippen molar-refractivity contribution >= 4 is 11.6 Å². The van der Waals surface area contributed by atoms with Crippen LogP contribution < -0.4 is 15.0 Å². The van der Waals surface area contributed by atoms with E-state index in [1.165, 1.54) is 6.33 Å². The van der Waals surface area contributed by atoms with E-state index < -0.39 is 0 Å². The lowest BCUT2D eigenvalue weighted by Crippen LogP contribution is -2.30. The normalized spacial score (nSPS) is 10.1. The molecule has 1 aromatic heterocycles. The molecule has 0 aromatic carbocycles. The van der Waals surface area contributed by atoms with Crippen molar-refractivity contribution in [2.45, 2.75) is 20.3 Å². The van der Waals surface area contributed by atoms with E-state index in [2.05, 4.69) is 40.1 Å². The van der Waals surface area contributed by atoms with Crippen molar-refractivity contribution in [1.29, 1.82) is 5.26 Å². The molecule has 1 N–H and O–H groups in total. The summed E-state index contributed by atoms with van der Waals surface area (Å²) in [6.07, 6.45) is 1.96. The monoisotopic (exact) mass is 263 g/mol. The molecule has 0 bridgehead atoms. The summed E-state index contributed by atoms with van der Waals surface area (Å²) in [7, 11) is 3.39. The molecule has 0 aliphatic heterocycles. The molecule has 1 rings (SSSR count). The van der Waals surface area contributed by atoms with E-state index in [1.54, 1.807) is 14.2 Å². The van der Waals surface area contributed by atoms with Gasteiger partial charge in [-0.15, -0.1) is 0 Å². The fourth-order valence-electron chi connectivity index (χ4n) is 1.87. The van der Waals surface area contributed by atoms with Gasteiger partial charge in [-0.25, -0.2) is 9.97 Å². The van der Waals surface area contributed by atoms with Crippen LogP contribution in [0, 0.1) is 17.2 Å². The Morgan fingerprint density at radius 1 is 1.47 bits per heavy atom. The fourth-order valence-corrected chi connectivity index (χ4v) is 1.87. The quantitative estimate of drug-likeness (QED) is 0.810. The van der Waals surface area contributed by atoms with Crippen LogP contribution in [0.1, 0.15) is 20.3 Å². The molecule has 104 valence electrons. The highest BCUT2D eigenvalue weighted by Gasteiger charge is 2.18. The van der Waals surface area contributed by atoms with Gasteiger partial charge in [0.1, 0.15) is 6.33 Å². The van der Waals surface area contributed by atoms with Gasteiger partial charge in [-0.2, -0.15) is 5.26 Å². The summed E-state index contributed by atoms with van der Waals surface area (Å²) in [5.74, 6) is 2.46. The second-order valence-corrected chi connectivity index (χ2v) is 4.58. The van der Waals surface area contributed by atoms with Gasteiger partial charge in [0.05, 0.1) is 19.6 Å². The summed E-state index contributed by atoms with van der Waals surface area (Å²) in [5.41, 5.74) is 0. The molecule has 0 aliphatic carbocycles. The number of nitrogens with zero attached hydrogens (tertiary/aromatic N) is 4. The van der Waals surface area contributed by atoms with Crippen LogP contribution in [0.15, 0.2) is 6.33 Å². The molecule has 0 amide bonds. The van der Waals surface area contributed by atoms with E-state index in [0.29, 0.717) is 30.5 Å². The van der Waals surface area contributed by atoms with Crippen LogP contribution in [0.5, 0.6) is 5.75 Å². The highest BCUT2D eigenvalue weighted by Crippen LogP contribution is 2.31. The number of rotatable bonds is 7. The number of nitriles is 1. The third-order valence-corrected chi connectivity index (χ3v) is 2.60. The van der Waals surface area contributed by atoms with Crippen molar-refractivity contribution < 1.29 is 4.74 Å². The molecule has 19 heavy (non-hydrogen) atoms. The Kier molecular flexibility index (Phi) is 5.86. The standard InChI is InChI=1S/C13H21N5O/c1-10(2)8-18(7-5-6-14)13-11(19-4)12(15-3)16-9-17-13/h9-10H,5,7-8H2,1-4H3,(H,15,16,17). The summed E-state index contributed by atoms with van der Waals surface area (Å²) in [6, 6.07) is 2.17. The van der Waals surface area contributed by atoms with E-state index in [-0.39, 0.29) is 0 Å². The predicted octanol–water partition coefficient (Wildman–Crippen LogP) is 1.90. The van der Waals surface area contributed by atoms with E-state index in [0.717, 1.165) is 12.4 Å². The van der Waals surface area contributed by atoms with Gasteiger partial charge in [0.15, 0.2) is 11.6 Å². The average Bonchev–Trinajstić information content (AvgIpc) is 2.41. The smallest absolute Gasteiger partial charge is 0.204 e. The summed E-state index contributed by atoms with van der Waals surface area (Å²) in [5, 5.41) is 11.8. The number of nitrogens with one attached hydrogen (secondary N) is 1. The van der Waals surface area contributed by atoms with Crippen LogP contribution in [0.3, 0.4) is 0 Å². The van der Waals surface area contributed by atoms with Crippen LogP contribution in [0.25, 0.3) is 0 Å². The van der Waals surface area contributed by atoms with Gasteiger partial charge in [0.2, 0.25) is 5.75 Å². The largest absolute Gasteiger partial charge is 0.490 e. The molecule has 0 fully saturated rings. The molecular formula is C13H21N5O. The summed E-state index contributed by atoms with van der Waals surface area (Å²) < 4.78 is 5.40. The molecule has 1 aromatic rings. The second kappa shape index (κ2) is 7.41. The van der Waals surface area contributed by atoms with Gasteiger partial charge in [-0.1, -0.05) is 13.8 Å². The SMILES string of the molecule is CNc1ncnc(N(CCC#N)CC(C)C)c1OC. The molecular weight excluding hydrogens is 242 g/mol. The molecule has 1 heterocycles. The van der Waals surface area contributed by atoms with Crippen molar-refractivity contribution in [3.8, 4) is 11.8 Å². The Balaban J connectivity index is 3.09. The minimum atomic E-state index is 0.453. The third kappa shape index (κ3) is 3.98. The van der Waals surface area contributed by atoms with E-state index in [1.807, 2.05) is 0 Å². The van der Waals surface area contributed by atoms with Crippen molar-refractivity contribution in [2.75, 3.05) is 37.5 Å². The van der Waals surface area contributed by atoms with Crippen LogP contribution in [-0.4, -0.2) is 37.2 Å². The Morgan fingerprint density at radius 2 is 2.21 bits per heavy atom. The molecule has 0 saturated heterocycles. The number of methoxy groups -OCH3 is 1. The zero-order chi connectivity index (χ0) is 14.3. The van der Waals surface area contributed by atoms with Crippen molar-refractivity contribution in [3.63, 3.8) is 0 Å². The van der Waals surface area contributed by atoms with Crippen LogP contribution >= 0.6 is 0 Å². The molecule has 0 unspecified atom stereocenters. The summed E-state index contributed by atoms with van der Waals surface area (Å²) in [6.45, 7) is 5.71. The fraction of sp³-hybridized carbons (Fsp3) is 0.615. The first-order valence-corrected chi connectivity index (χ1v) is 6.32. The van der Waals surface area contributed by atoms with Crippen molar-refractivity contribution in [1.82, 2.24) is 9.97 Å². The Labute approximate surface area is 114 Å². The molecule has 0 spiro atoms. The minimum absolute atomic E-state index is 0.453. The van der Waals surface area contributed by atoms with E-state index in [9.17, 15) is 0 Å². The maximum atomic E-state index is 8.77. The number of anilines is 2. The van der Waals surface area contributed by atoms with Gasteiger partial charge in [-0.3, -0.25) is 0 Å². The first-order chi connectivity index (χ1) is 9.13. The molecule has 6 heteroatoms. The maximum absolute atomic E-state index is 8.77. The van der Waals surface area contributed by atoms with Crippen molar-refractivity contribution in [3.05, 3.63) is 6.33 Å². The first kappa shape index (κ1) is 15.0. The van der Waals surface area contributed by atoms with Gasteiger partial charge < -0.3 is 15.0 Å². The maximum Gasteiger partial charge on any atom is 0.204 e. The zero-order valence-corrected chi connectivity index (χ0v) is 12.0. The summed E-state index contributed by atoms with van der Waals surface area (Å²) in [4.78, 5) is 10.5. The number of hydrogen-bond acceptors (Lipinski definition) is 6. The third-order valence-electron chi connectivity index (χ3n) is 2.60. The lowest BCUT2D eigenvalue weighted by Gasteiger charge is -2.26. The zero-order valence-electron chi connectivity index (χ0n) is 12.0. The number of ether oxygens (including phenoxy) is 1. The average molecular weight is 263 g/mol. The van der Waals surface area contributed by atoms with Crippen LogP contribution in [-0.2, 0) is 0 Å². The minimum Gasteiger partial charge on any atom is -0.490 e. The number of aromatic nitrogens is 2. The van der Waals surface area contributed by atoms with Crippen LogP contribution in [0.2, 0.25) is 0 Å². The van der Waals surface area contributed by atoms with Crippen molar-refractivity contribution in [2.24, 2.45) is 5.92 Å². The highest BCUT2D eigenvalue weighted by atomic mass is 16.5. The molecule has 0 atom stereocenters. The van der Waals surface area contributed by atoms with Crippen LogP contribution in [0.4, 0.5) is 11.6 Å². The lowest BCUT2D eigenvalue weighted by atomic mass is 10.2. The molecule has 0 radical (unpaired) electrons. The van der Waals surface area contributed by atoms with Gasteiger partial charge >= 0.3 is 0 Å². The molecule has 0 aliphatic rings. The topological polar surface area (TPSA) is 74.1 Å². The van der Waals surface area contributed by atoms with Gasteiger partial charge in [-0.05, 0) is 5.92 Å². The van der Waals surface area contributed by atoms with Gasteiger partial charge in [0, 0.05) is 20.1 Å².